The van der Waals surface area contributed by atoms with Crippen LogP contribution in [0.1, 0.15) is 5.76 Å². The molecule has 0 bridgehead atoms. The van der Waals surface area contributed by atoms with Crippen molar-refractivity contribution in [1.29, 1.82) is 0 Å². The molecule has 0 saturated carbocycles. The molecule has 0 saturated heterocycles. The van der Waals surface area contributed by atoms with Crippen molar-refractivity contribution in [3.8, 4) is 0 Å². The highest BCUT2D eigenvalue weighted by molar-refractivity contribution is 6.01. The molecule has 98 valence electrons. The van der Waals surface area contributed by atoms with E-state index in [2.05, 4.69) is 10.1 Å². The normalized spacial score (nSPS) is 11.4. The summed E-state index contributed by atoms with van der Waals surface area (Å²) in [5, 5.41) is 4.45. The molecule has 0 aliphatic heterocycles. The number of aromatic nitrogens is 3. The number of fused-ring (bicyclic) bond motifs is 3. The molecule has 0 N–H and O–H groups in total. The predicted molar refractivity (Wildman–Crippen MR) is 71.4 cm³/mol. The van der Waals surface area contributed by atoms with Crippen molar-refractivity contribution in [2.24, 2.45) is 0 Å². The fraction of sp³-hybridized carbons (Fsp3) is 0.0714. The van der Waals surface area contributed by atoms with E-state index in [0.29, 0.717) is 16.9 Å². The van der Waals surface area contributed by atoms with E-state index in [0.717, 1.165) is 5.39 Å². The van der Waals surface area contributed by atoms with E-state index < -0.39 is 0 Å². The first-order valence-corrected chi connectivity index (χ1v) is 6.09. The first kappa shape index (κ1) is 11.0. The fourth-order valence-corrected chi connectivity index (χ4v) is 2.22. The minimum atomic E-state index is -0.234. The Balaban J connectivity index is 1.95. The molecule has 6 heteroatoms. The lowest BCUT2D eigenvalue weighted by Crippen LogP contribution is -2.20. The molecule has 0 aliphatic carbocycles. The molecule has 1 aromatic carbocycles. The lowest BCUT2D eigenvalue weighted by atomic mass is 10.2. The molecule has 0 radical (unpaired) electrons. The van der Waals surface area contributed by atoms with Crippen LogP contribution in [0.4, 0.5) is 0 Å². The fourth-order valence-electron chi connectivity index (χ4n) is 2.22. The molecule has 0 unspecified atom stereocenters. The Hall–Kier alpha value is -2.89. The summed E-state index contributed by atoms with van der Waals surface area (Å²) in [7, 11) is 0. The molecule has 3 heterocycles. The van der Waals surface area contributed by atoms with E-state index in [-0.39, 0.29) is 17.7 Å². The lowest BCUT2D eigenvalue weighted by molar-refractivity contribution is 0.374. The molecule has 4 aromatic rings. The van der Waals surface area contributed by atoms with Crippen LogP contribution in [0.15, 0.2) is 56.6 Å². The molecule has 20 heavy (non-hydrogen) atoms. The summed E-state index contributed by atoms with van der Waals surface area (Å²) >= 11 is 0. The summed E-state index contributed by atoms with van der Waals surface area (Å²) < 4.78 is 12.0. The van der Waals surface area contributed by atoms with E-state index in [1.807, 2.05) is 24.3 Å². The number of furan rings is 1. The molecular weight excluding hydrogens is 258 g/mol. The van der Waals surface area contributed by atoms with Gasteiger partial charge in [-0.3, -0.25) is 9.36 Å². The summed E-state index contributed by atoms with van der Waals surface area (Å²) in [4.78, 5) is 16.7. The van der Waals surface area contributed by atoms with Gasteiger partial charge < -0.3 is 8.94 Å². The van der Waals surface area contributed by atoms with Crippen LogP contribution in [0.5, 0.6) is 0 Å². The van der Waals surface area contributed by atoms with Crippen LogP contribution < -0.4 is 5.56 Å². The van der Waals surface area contributed by atoms with Gasteiger partial charge in [-0.15, -0.1) is 0 Å². The Morgan fingerprint density at radius 3 is 2.95 bits per heavy atom. The second kappa shape index (κ2) is 4.06. The summed E-state index contributed by atoms with van der Waals surface area (Å²) in [6.07, 6.45) is 3.03. The van der Waals surface area contributed by atoms with Crippen molar-refractivity contribution in [2.75, 3.05) is 0 Å². The second-order valence-corrected chi connectivity index (χ2v) is 4.43. The Kier molecular flexibility index (Phi) is 2.23. The Labute approximate surface area is 112 Å². The van der Waals surface area contributed by atoms with Gasteiger partial charge in [-0.25, -0.2) is 4.98 Å². The van der Waals surface area contributed by atoms with Gasteiger partial charge >= 0.3 is 0 Å². The van der Waals surface area contributed by atoms with Crippen LogP contribution in [-0.2, 0) is 6.54 Å². The number of hydrogen-bond donors (Lipinski definition) is 0. The average Bonchev–Trinajstić information content (AvgIpc) is 3.09. The third-order valence-corrected chi connectivity index (χ3v) is 3.17. The predicted octanol–water partition coefficient (Wildman–Crippen LogP) is 2.18. The third kappa shape index (κ3) is 1.55. The van der Waals surface area contributed by atoms with Crippen molar-refractivity contribution < 1.29 is 8.94 Å². The minimum absolute atomic E-state index is 0.234. The molecule has 4 rings (SSSR count). The van der Waals surface area contributed by atoms with Gasteiger partial charge in [-0.2, -0.15) is 0 Å². The maximum atomic E-state index is 12.4. The third-order valence-electron chi connectivity index (χ3n) is 3.17. The first-order valence-electron chi connectivity index (χ1n) is 6.09. The molecule has 0 fully saturated rings. The van der Waals surface area contributed by atoms with Gasteiger partial charge in [0.1, 0.15) is 11.1 Å². The summed E-state index contributed by atoms with van der Waals surface area (Å²) in [5.74, 6) is 0.587. The van der Waals surface area contributed by atoms with Gasteiger partial charge in [-0.1, -0.05) is 17.3 Å². The number of benzene rings is 1. The zero-order valence-corrected chi connectivity index (χ0v) is 10.3. The van der Waals surface area contributed by atoms with Gasteiger partial charge in [0.15, 0.2) is 5.76 Å². The van der Waals surface area contributed by atoms with E-state index in [1.165, 1.54) is 17.1 Å². The standard InChI is InChI=1S/C14H9N3O3/c18-14-13-12(10-3-1-2-4-11(10)19-13)15-8-17(14)7-9-5-6-16-20-9/h1-6,8H,7H2. The van der Waals surface area contributed by atoms with E-state index in [4.69, 9.17) is 8.94 Å². The molecule has 0 atom stereocenters. The monoisotopic (exact) mass is 267 g/mol. The highest BCUT2D eigenvalue weighted by atomic mass is 16.5. The van der Waals surface area contributed by atoms with Gasteiger partial charge in [0, 0.05) is 11.5 Å². The van der Waals surface area contributed by atoms with Gasteiger partial charge in [0.05, 0.1) is 19.1 Å². The van der Waals surface area contributed by atoms with Crippen molar-refractivity contribution in [3.63, 3.8) is 0 Å². The van der Waals surface area contributed by atoms with Crippen LogP contribution in [0.3, 0.4) is 0 Å². The van der Waals surface area contributed by atoms with Crippen molar-refractivity contribution >= 4 is 22.1 Å². The first-order chi connectivity index (χ1) is 9.83. The number of nitrogens with zero attached hydrogens (tertiary/aromatic N) is 3. The van der Waals surface area contributed by atoms with Gasteiger partial charge in [0.25, 0.3) is 5.56 Å². The lowest BCUT2D eigenvalue weighted by Gasteiger charge is -2.00. The largest absolute Gasteiger partial charge is 0.448 e. The molecule has 0 amide bonds. The van der Waals surface area contributed by atoms with Gasteiger partial charge in [-0.05, 0) is 12.1 Å². The van der Waals surface area contributed by atoms with Crippen LogP contribution in [0.2, 0.25) is 0 Å². The smallest absolute Gasteiger partial charge is 0.297 e. The highest BCUT2D eigenvalue weighted by Crippen LogP contribution is 2.24. The van der Waals surface area contributed by atoms with E-state index in [1.54, 1.807) is 6.07 Å². The topological polar surface area (TPSA) is 74.1 Å². The number of para-hydroxylation sites is 1. The molecular formula is C14H9N3O3. The SMILES string of the molecule is O=c1c2oc3ccccc3c2ncn1Cc1ccno1. The molecule has 3 aromatic heterocycles. The summed E-state index contributed by atoms with van der Waals surface area (Å²) in [6, 6.07) is 9.15. The highest BCUT2D eigenvalue weighted by Gasteiger charge is 2.13. The Bertz CT molecular complexity index is 951. The Morgan fingerprint density at radius 2 is 2.10 bits per heavy atom. The average molecular weight is 267 g/mol. The van der Waals surface area contributed by atoms with Crippen molar-refractivity contribution in [3.05, 3.63) is 59.0 Å². The minimum Gasteiger partial charge on any atom is -0.448 e. The second-order valence-electron chi connectivity index (χ2n) is 4.43. The van der Waals surface area contributed by atoms with E-state index in [9.17, 15) is 4.79 Å². The molecule has 0 spiro atoms. The van der Waals surface area contributed by atoms with Crippen LogP contribution in [-0.4, -0.2) is 14.7 Å². The number of hydrogen-bond acceptors (Lipinski definition) is 5. The zero-order chi connectivity index (χ0) is 13.5. The number of rotatable bonds is 2. The van der Waals surface area contributed by atoms with Crippen molar-refractivity contribution in [1.82, 2.24) is 14.7 Å². The summed E-state index contributed by atoms with van der Waals surface area (Å²) in [6.45, 7) is 0.277. The van der Waals surface area contributed by atoms with Crippen LogP contribution in [0.25, 0.3) is 22.1 Å². The quantitative estimate of drug-likeness (QED) is 0.556. The van der Waals surface area contributed by atoms with Crippen LogP contribution >= 0.6 is 0 Å². The van der Waals surface area contributed by atoms with Gasteiger partial charge in [0.2, 0.25) is 5.58 Å². The van der Waals surface area contributed by atoms with E-state index >= 15 is 0 Å². The molecule has 6 nitrogen and oxygen atoms in total. The maximum Gasteiger partial charge on any atom is 0.297 e. The zero-order valence-electron chi connectivity index (χ0n) is 10.3. The van der Waals surface area contributed by atoms with Crippen molar-refractivity contribution in [2.45, 2.75) is 6.54 Å². The Morgan fingerprint density at radius 1 is 1.20 bits per heavy atom. The maximum absolute atomic E-state index is 12.4. The van der Waals surface area contributed by atoms with Crippen LogP contribution in [0, 0.1) is 0 Å². The summed E-state index contributed by atoms with van der Waals surface area (Å²) in [5.41, 5.74) is 1.26. The molecule has 0 aliphatic rings.